The second-order valence-corrected chi connectivity index (χ2v) is 3.01. The minimum Gasteiger partial charge on any atom is -0.263 e. The maximum Gasteiger partial charge on any atom is 0.459 e. The largest absolute Gasteiger partial charge is 0.459 e. The normalized spacial score (nSPS) is 16.8. The third kappa shape index (κ3) is 3.31. The Bertz CT molecular complexity index is 293. The maximum absolute atomic E-state index is 11.9. The lowest BCUT2D eigenvalue weighted by molar-refractivity contribution is -0.328. The van der Waals surface area contributed by atoms with Gasteiger partial charge in [-0.3, -0.25) is 4.55 Å². The number of alkyl halides is 6. The van der Waals surface area contributed by atoms with E-state index < -0.39 is 28.9 Å². The molecule has 0 aromatic carbocycles. The van der Waals surface area contributed by atoms with E-state index in [1.54, 1.807) is 0 Å². The summed E-state index contributed by atoms with van der Waals surface area (Å²) in [6.07, 6.45) is -10.9. The second-order valence-electron chi connectivity index (χ2n) is 1.96. The average Bonchev–Trinajstić information content (AvgIpc) is 1.80. The molecule has 0 radical (unpaired) electrons. The van der Waals surface area contributed by atoms with Crippen LogP contribution in [0, 0.1) is 0 Å². The molecule has 0 spiro atoms. The summed E-state index contributed by atoms with van der Waals surface area (Å²) >= 11 is 0. The molecule has 1 N–H and O–H groups in total. The van der Waals surface area contributed by atoms with Crippen molar-refractivity contribution in [3.63, 3.8) is 0 Å². The summed E-state index contributed by atoms with van der Waals surface area (Å²) in [4.78, 5) is 0. The zero-order chi connectivity index (χ0) is 11.8. The van der Waals surface area contributed by atoms with Crippen molar-refractivity contribution in [3.8, 4) is 0 Å². The Hall–Kier alpha value is -0.550. The lowest BCUT2D eigenvalue weighted by Crippen LogP contribution is -2.46. The minimum absolute atomic E-state index is 2.42. The lowest BCUT2D eigenvalue weighted by Gasteiger charge is -2.21. The summed E-state index contributed by atoms with van der Waals surface area (Å²) in [6, 6.07) is 0. The van der Waals surface area contributed by atoms with Crippen LogP contribution in [0.5, 0.6) is 0 Å². The Morgan fingerprint density at radius 1 is 1.14 bits per heavy atom. The van der Waals surface area contributed by atoms with Crippen LogP contribution in [0.2, 0.25) is 0 Å². The van der Waals surface area contributed by atoms with E-state index in [2.05, 4.69) is 4.18 Å². The number of halogens is 6. The molecule has 0 aromatic heterocycles. The fraction of sp³-hybridized carbons (Fsp3) is 1.00. The lowest BCUT2D eigenvalue weighted by atomic mass is 10.3. The molecular weight excluding hydrogens is 246 g/mol. The second kappa shape index (κ2) is 3.55. The summed E-state index contributed by atoms with van der Waals surface area (Å²) in [5, 5.41) is 0. The fourth-order valence-corrected chi connectivity index (χ4v) is 0.630. The van der Waals surface area contributed by atoms with Crippen molar-refractivity contribution in [1.29, 1.82) is 0 Å². The van der Waals surface area contributed by atoms with E-state index in [1.165, 1.54) is 0 Å². The molecule has 0 fully saturated rings. The smallest absolute Gasteiger partial charge is 0.263 e. The molecule has 0 aliphatic carbocycles. The van der Waals surface area contributed by atoms with Gasteiger partial charge in [0.2, 0.25) is 0 Å². The van der Waals surface area contributed by atoms with Gasteiger partial charge in [-0.25, -0.2) is 8.57 Å². The molecule has 14 heavy (non-hydrogen) atoms. The zero-order valence-corrected chi connectivity index (χ0v) is 6.74. The van der Waals surface area contributed by atoms with Crippen molar-refractivity contribution >= 4 is 10.4 Å². The third-order valence-electron chi connectivity index (χ3n) is 0.869. The molecule has 1 unspecified atom stereocenters. The van der Waals surface area contributed by atoms with Crippen LogP contribution in [0.25, 0.3) is 0 Å². The summed E-state index contributed by atoms with van der Waals surface area (Å²) in [5.41, 5.74) is 0. The van der Waals surface area contributed by atoms with Crippen LogP contribution in [0.3, 0.4) is 0 Å². The highest BCUT2D eigenvalue weighted by atomic mass is 32.3. The molecule has 86 valence electrons. The molecule has 0 aromatic rings. The van der Waals surface area contributed by atoms with Gasteiger partial charge in [-0.15, -0.1) is 0 Å². The van der Waals surface area contributed by atoms with E-state index in [-0.39, 0.29) is 0 Å². The van der Waals surface area contributed by atoms with Gasteiger partial charge in [-0.05, 0) is 0 Å². The molecule has 11 heteroatoms. The minimum atomic E-state index is -6.32. The molecule has 0 saturated carbocycles. The van der Waals surface area contributed by atoms with Crippen LogP contribution in [-0.4, -0.2) is 31.4 Å². The van der Waals surface area contributed by atoms with E-state index in [0.29, 0.717) is 0 Å². The van der Waals surface area contributed by atoms with Gasteiger partial charge in [0.15, 0.2) is 0 Å². The van der Waals surface area contributed by atoms with Crippen molar-refractivity contribution < 1.29 is 43.5 Å². The molecule has 1 atom stereocenters. The molecule has 0 rings (SSSR count). The van der Waals surface area contributed by atoms with Gasteiger partial charge in [0.1, 0.15) is 0 Å². The van der Waals surface area contributed by atoms with E-state index in [4.69, 9.17) is 4.55 Å². The number of hydrogen-bond acceptors (Lipinski definition) is 3. The first kappa shape index (κ1) is 13.4. The van der Waals surface area contributed by atoms with Crippen LogP contribution in [0.15, 0.2) is 0 Å². The van der Waals surface area contributed by atoms with Crippen LogP contribution < -0.4 is 0 Å². The van der Waals surface area contributed by atoms with Gasteiger partial charge in [-0.2, -0.15) is 30.4 Å². The summed E-state index contributed by atoms with van der Waals surface area (Å²) < 4.78 is 98.8. The topological polar surface area (TPSA) is 63.6 Å². The first-order valence-corrected chi connectivity index (χ1v) is 3.99. The fourth-order valence-electron chi connectivity index (χ4n) is 0.296. The van der Waals surface area contributed by atoms with Gasteiger partial charge in [0.05, 0.1) is 0 Å². The predicted octanol–water partition coefficient (Wildman–Crippen LogP) is 1.30. The molecule has 4 nitrogen and oxygen atoms in total. The quantitative estimate of drug-likeness (QED) is 0.604. The van der Waals surface area contributed by atoms with Crippen molar-refractivity contribution in [3.05, 3.63) is 0 Å². The Balaban J connectivity index is 4.78. The van der Waals surface area contributed by atoms with Crippen LogP contribution in [-0.2, 0) is 14.6 Å². The monoisotopic (exact) mass is 248 g/mol. The molecule has 0 heterocycles. The molecule has 0 aliphatic rings. The first-order valence-electron chi connectivity index (χ1n) is 2.62. The van der Waals surface area contributed by atoms with E-state index in [9.17, 15) is 34.8 Å². The van der Waals surface area contributed by atoms with Crippen molar-refractivity contribution in [2.75, 3.05) is 0 Å². The predicted molar refractivity (Wildman–Crippen MR) is 28.5 cm³/mol. The van der Waals surface area contributed by atoms with Crippen LogP contribution in [0.4, 0.5) is 26.3 Å². The summed E-state index contributed by atoms with van der Waals surface area (Å²) in [7, 11) is -5.72. The summed E-state index contributed by atoms with van der Waals surface area (Å²) in [6.45, 7) is 0. The summed E-state index contributed by atoms with van der Waals surface area (Å²) in [5.74, 6) is -6.02. The van der Waals surface area contributed by atoms with Gasteiger partial charge in [-0.1, -0.05) is 0 Å². The van der Waals surface area contributed by atoms with Crippen LogP contribution in [0.1, 0.15) is 0 Å². The standard InChI is InChI=1S/C3H2F6O4S/c4-1(13-14(10,11)12)2(5,6)3(7,8)9/h1H,(H,10,11,12). The average molecular weight is 248 g/mol. The van der Waals surface area contributed by atoms with Crippen molar-refractivity contribution in [2.24, 2.45) is 0 Å². The number of hydrogen-bond donors (Lipinski definition) is 1. The van der Waals surface area contributed by atoms with Gasteiger partial charge < -0.3 is 0 Å². The molecule has 0 saturated heterocycles. The van der Waals surface area contributed by atoms with Gasteiger partial charge in [0, 0.05) is 0 Å². The van der Waals surface area contributed by atoms with E-state index in [0.717, 1.165) is 0 Å². The van der Waals surface area contributed by atoms with Gasteiger partial charge >= 0.3 is 22.5 Å². The SMILES string of the molecule is O=S(=O)(O)OC(F)C(F)(F)C(F)(F)F. The van der Waals surface area contributed by atoms with E-state index in [1.807, 2.05) is 0 Å². The molecule has 0 bridgehead atoms. The van der Waals surface area contributed by atoms with Crippen molar-refractivity contribution in [1.82, 2.24) is 0 Å². The Morgan fingerprint density at radius 2 is 1.50 bits per heavy atom. The molecule has 0 amide bonds. The highest BCUT2D eigenvalue weighted by Gasteiger charge is 2.65. The zero-order valence-electron chi connectivity index (χ0n) is 5.93. The highest BCUT2D eigenvalue weighted by Crippen LogP contribution is 2.40. The Labute approximate surface area is 73.4 Å². The maximum atomic E-state index is 11.9. The Kier molecular flexibility index (Phi) is 3.41. The van der Waals surface area contributed by atoms with Gasteiger partial charge in [0.25, 0.3) is 6.36 Å². The Morgan fingerprint density at radius 3 is 1.71 bits per heavy atom. The number of rotatable bonds is 3. The van der Waals surface area contributed by atoms with Crippen molar-refractivity contribution in [2.45, 2.75) is 18.5 Å². The third-order valence-corrected chi connectivity index (χ3v) is 1.28. The molecule has 0 aliphatic heterocycles. The highest BCUT2D eigenvalue weighted by molar-refractivity contribution is 7.80. The first-order chi connectivity index (χ1) is 5.88. The molecular formula is C3H2F6O4S. The van der Waals surface area contributed by atoms with E-state index >= 15 is 0 Å². The van der Waals surface area contributed by atoms with Crippen LogP contribution >= 0.6 is 0 Å².